The molecule has 5 nitrogen and oxygen atoms in total. The third-order valence-electron chi connectivity index (χ3n) is 5.81. The topological polar surface area (TPSA) is 66.6 Å². The number of benzene rings is 1. The molecule has 1 atom stereocenters. The van der Waals surface area contributed by atoms with Crippen LogP contribution < -0.4 is 5.73 Å². The van der Waals surface area contributed by atoms with Crippen LogP contribution in [0.4, 0.5) is 0 Å². The van der Waals surface area contributed by atoms with Gasteiger partial charge in [-0.05, 0) is 49.8 Å². The second kappa shape index (κ2) is 7.03. The van der Waals surface area contributed by atoms with Crippen molar-refractivity contribution in [3.8, 4) is 0 Å². The number of fused-ring (bicyclic) bond motifs is 1. The molecule has 0 bridgehead atoms. The van der Waals surface area contributed by atoms with Gasteiger partial charge in [0, 0.05) is 19.1 Å². The van der Waals surface area contributed by atoms with Gasteiger partial charge in [-0.15, -0.1) is 0 Å². The molecule has 0 aromatic heterocycles. The van der Waals surface area contributed by atoms with Crippen LogP contribution in [-0.2, 0) is 0 Å². The lowest BCUT2D eigenvalue weighted by atomic mass is 9.91. The molecule has 1 aromatic carbocycles. The summed E-state index contributed by atoms with van der Waals surface area (Å²) in [5, 5.41) is 0. The monoisotopic (exact) mass is 357 g/mol. The fraction of sp³-hybridized carbons (Fsp3) is 0.619. The molecule has 0 saturated carbocycles. The SMILES string of the molecule is CC1c2cccc(C(N)=O)c2C(=O)N1C1CCN(CCC(C)(C)C)CC1. The highest BCUT2D eigenvalue weighted by molar-refractivity contribution is 6.09. The Morgan fingerprint density at radius 1 is 1.23 bits per heavy atom. The van der Waals surface area contributed by atoms with Crippen LogP contribution in [0.3, 0.4) is 0 Å². The summed E-state index contributed by atoms with van der Waals surface area (Å²) in [5.74, 6) is -0.559. The molecule has 5 heteroatoms. The molecule has 2 heterocycles. The van der Waals surface area contributed by atoms with Crippen molar-refractivity contribution in [1.82, 2.24) is 9.80 Å². The molecule has 3 rings (SSSR count). The van der Waals surface area contributed by atoms with Gasteiger partial charge in [0.15, 0.2) is 0 Å². The summed E-state index contributed by atoms with van der Waals surface area (Å²) in [4.78, 5) is 29.3. The number of nitrogens with two attached hydrogens (primary N) is 1. The Bertz CT molecular complexity index is 700. The first-order chi connectivity index (χ1) is 12.2. The number of carbonyl (C=O) groups is 2. The predicted octanol–water partition coefficient (Wildman–Crippen LogP) is 3.20. The Hall–Kier alpha value is -1.88. The average molecular weight is 357 g/mol. The number of hydrogen-bond acceptors (Lipinski definition) is 3. The van der Waals surface area contributed by atoms with E-state index < -0.39 is 5.91 Å². The van der Waals surface area contributed by atoms with E-state index >= 15 is 0 Å². The minimum Gasteiger partial charge on any atom is -0.366 e. The van der Waals surface area contributed by atoms with E-state index in [1.54, 1.807) is 6.07 Å². The van der Waals surface area contributed by atoms with Crippen LogP contribution in [0.15, 0.2) is 18.2 Å². The lowest BCUT2D eigenvalue weighted by Gasteiger charge is -2.39. The van der Waals surface area contributed by atoms with Crippen LogP contribution in [-0.4, -0.2) is 47.3 Å². The Kier molecular flexibility index (Phi) is 5.11. The van der Waals surface area contributed by atoms with Gasteiger partial charge in [0.05, 0.1) is 17.2 Å². The summed E-state index contributed by atoms with van der Waals surface area (Å²) in [6, 6.07) is 5.66. The molecule has 1 saturated heterocycles. The second-order valence-electron chi connectivity index (χ2n) is 8.91. The zero-order valence-electron chi connectivity index (χ0n) is 16.4. The summed E-state index contributed by atoms with van der Waals surface area (Å²) in [6.45, 7) is 12.0. The van der Waals surface area contributed by atoms with Gasteiger partial charge >= 0.3 is 0 Å². The number of rotatable bonds is 4. The van der Waals surface area contributed by atoms with Crippen molar-refractivity contribution in [1.29, 1.82) is 0 Å². The van der Waals surface area contributed by atoms with Gasteiger partial charge in [-0.1, -0.05) is 32.9 Å². The summed E-state index contributed by atoms with van der Waals surface area (Å²) in [6.07, 6.45) is 3.16. The molecule has 2 amide bonds. The largest absolute Gasteiger partial charge is 0.366 e. The van der Waals surface area contributed by atoms with Gasteiger partial charge in [0.2, 0.25) is 5.91 Å². The molecule has 1 aromatic rings. The first kappa shape index (κ1) is 18.9. The number of amides is 2. The van der Waals surface area contributed by atoms with E-state index in [9.17, 15) is 9.59 Å². The Morgan fingerprint density at radius 3 is 2.46 bits per heavy atom. The van der Waals surface area contributed by atoms with Crippen LogP contribution in [0.25, 0.3) is 0 Å². The molecular formula is C21H31N3O2. The highest BCUT2D eigenvalue weighted by Crippen LogP contribution is 2.38. The smallest absolute Gasteiger partial charge is 0.255 e. The van der Waals surface area contributed by atoms with Crippen LogP contribution in [0, 0.1) is 5.41 Å². The summed E-state index contributed by atoms with van der Waals surface area (Å²) < 4.78 is 0. The zero-order chi connectivity index (χ0) is 19.1. The number of carbonyl (C=O) groups excluding carboxylic acids is 2. The van der Waals surface area contributed by atoms with Crippen molar-refractivity contribution >= 4 is 11.8 Å². The van der Waals surface area contributed by atoms with Gasteiger partial charge < -0.3 is 15.5 Å². The summed E-state index contributed by atoms with van der Waals surface area (Å²) in [7, 11) is 0. The standard InChI is InChI=1S/C21H31N3O2/c1-14-16-6-5-7-17(19(22)25)18(16)20(26)24(14)15-8-11-23(12-9-15)13-10-21(2,3)4/h5-7,14-15H,8-13H2,1-4H3,(H2,22,25). The molecule has 2 aliphatic heterocycles. The molecule has 0 radical (unpaired) electrons. The van der Waals surface area contributed by atoms with E-state index in [2.05, 4.69) is 32.6 Å². The summed E-state index contributed by atoms with van der Waals surface area (Å²) in [5.41, 5.74) is 7.64. The average Bonchev–Trinajstić information content (AvgIpc) is 2.84. The van der Waals surface area contributed by atoms with Crippen LogP contribution in [0.2, 0.25) is 0 Å². The van der Waals surface area contributed by atoms with Crippen molar-refractivity contribution in [3.05, 3.63) is 34.9 Å². The molecule has 0 aliphatic carbocycles. The lowest BCUT2D eigenvalue weighted by molar-refractivity contribution is 0.0508. The Morgan fingerprint density at radius 2 is 1.88 bits per heavy atom. The fourth-order valence-corrected chi connectivity index (χ4v) is 4.21. The van der Waals surface area contributed by atoms with E-state index in [-0.39, 0.29) is 18.0 Å². The van der Waals surface area contributed by atoms with Crippen molar-refractivity contribution in [3.63, 3.8) is 0 Å². The van der Waals surface area contributed by atoms with Crippen molar-refractivity contribution in [2.75, 3.05) is 19.6 Å². The first-order valence-corrected chi connectivity index (χ1v) is 9.67. The highest BCUT2D eigenvalue weighted by Gasteiger charge is 2.41. The molecule has 2 aliphatic rings. The van der Waals surface area contributed by atoms with Crippen molar-refractivity contribution in [2.24, 2.45) is 11.1 Å². The number of nitrogens with zero attached hydrogens (tertiary/aromatic N) is 2. The minimum atomic E-state index is -0.527. The van der Waals surface area contributed by atoms with Gasteiger partial charge in [0.1, 0.15) is 0 Å². The molecule has 1 unspecified atom stereocenters. The molecule has 0 spiro atoms. The lowest BCUT2D eigenvalue weighted by Crippen LogP contribution is -2.46. The van der Waals surface area contributed by atoms with Crippen LogP contribution >= 0.6 is 0 Å². The van der Waals surface area contributed by atoms with Crippen molar-refractivity contribution < 1.29 is 9.59 Å². The van der Waals surface area contributed by atoms with Crippen LogP contribution in [0.5, 0.6) is 0 Å². The molecule has 26 heavy (non-hydrogen) atoms. The van der Waals surface area contributed by atoms with E-state index in [0.29, 0.717) is 16.5 Å². The number of likely N-dealkylation sites (tertiary alicyclic amines) is 1. The maximum Gasteiger partial charge on any atom is 0.255 e. The van der Waals surface area contributed by atoms with Gasteiger partial charge in [-0.25, -0.2) is 0 Å². The van der Waals surface area contributed by atoms with Crippen molar-refractivity contribution in [2.45, 2.75) is 59.0 Å². The highest BCUT2D eigenvalue weighted by atomic mass is 16.2. The number of hydrogen-bond donors (Lipinski definition) is 1. The van der Waals surface area contributed by atoms with E-state index in [4.69, 9.17) is 5.73 Å². The normalized spacial score (nSPS) is 21.9. The number of piperidine rings is 1. The third-order valence-corrected chi connectivity index (χ3v) is 5.81. The summed E-state index contributed by atoms with van der Waals surface area (Å²) >= 11 is 0. The molecule has 1 fully saturated rings. The fourth-order valence-electron chi connectivity index (χ4n) is 4.21. The van der Waals surface area contributed by atoms with Gasteiger partial charge in [-0.2, -0.15) is 0 Å². The van der Waals surface area contributed by atoms with E-state index in [0.717, 1.165) is 38.0 Å². The molecular weight excluding hydrogens is 326 g/mol. The first-order valence-electron chi connectivity index (χ1n) is 9.67. The molecule has 142 valence electrons. The van der Waals surface area contributed by atoms with Gasteiger partial charge in [0.25, 0.3) is 5.91 Å². The second-order valence-corrected chi connectivity index (χ2v) is 8.91. The Labute approximate surface area is 156 Å². The Balaban J connectivity index is 1.69. The maximum absolute atomic E-state index is 13.1. The van der Waals surface area contributed by atoms with E-state index in [1.807, 2.05) is 17.0 Å². The van der Waals surface area contributed by atoms with Crippen LogP contribution in [0.1, 0.15) is 79.3 Å². The minimum absolute atomic E-state index is 0.00271. The van der Waals surface area contributed by atoms with E-state index in [1.165, 1.54) is 6.42 Å². The molecule has 2 N–H and O–H groups in total. The number of primary amides is 1. The zero-order valence-corrected chi connectivity index (χ0v) is 16.4. The predicted molar refractivity (Wildman–Crippen MR) is 103 cm³/mol. The van der Waals surface area contributed by atoms with Gasteiger partial charge in [-0.3, -0.25) is 9.59 Å². The third kappa shape index (κ3) is 3.63. The maximum atomic E-state index is 13.1. The quantitative estimate of drug-likeness (QED) is 0.900.